The lowest BCUT2D eigenvalue weighted by atomic mass is 10.2. The number of aromatic nitrogens is 1. The van der Waals surface area contributed by atoms with E-state index in [1.165, 1.54) is 5.56 Å². The molecule has 0 saturated carbocycles. The van der Waals surface area contributed by atoms with E-state index in [1.54, 1.807) is 22.9 Å². The van der Waals surface area contributed by atoms with Crippen molar-refractivity contribution < 1.29 is 0 Å². The summed E-state index contributed by atoms with van der Waals surface area (Å²) in [5.74, 6) is 0. The van der Waals surface area contributed by atoms with Gasteiger partial charge >= 0.3 is 0 Å². The van der Waals surface area contributed by atoms with Gasteiger partial charge in [0.15, 0.2) is 0 Å². The Bertz CT molecular complexity index is 482. The first kappa shape index (κ1) is 8.75. The first-order valence-electron chi connectivity index (χ1n) is 4.52. The van der Waals surface area contributed by atoms with Gasteiger partial charge in [-0.2, -0.15) is 0 Å². The van der Waals surface area contributed by atoms with E-state index >= 15 is 0 Å². The van der Waals surface area contributed by atoms with Crippen LogP contribution in [0.25, 0.3) is 5.69 Å². The topological polar surface area (TPSA) is 22.0 Å². The third-order valence-corrected chi connectivity index (χ3v) is 2.13. The zero-order chi connectivity index (χ0) is 9.97. The van der Waals surface area contributed by atoms with Crippen molar-refractivity contribution in [1.29, 1.82) is 0 Å². The minimum absolute atomic E-state index is 0.00338. The highest BCUT2D eigenvalue weighted by molar-refractivity contribution is 5.34. The molecule has 0 radical (unpaired) electrons. The van der Waals surface area contributed by atoms with Crippen molar-refractivity contribution in [2.45, 2.75) is 6.92 Å². The van der Waals surface area contributed by atoms with Crippen molar-refractivity contribution >= 4 is 0 Å². The van der Waals surface area contributed by atoms with E-state index in [2.05, 4.69) is 0 Å². The average Bonchev–Trinajstić information content (AvgIpc) is 2.20. The van der Waals surface area contributed by atoms with E-state index < -0.39 is 0 Å². The first-order chi connectivity index (χ1) is 6.77. The van der Waals surface area contributed by atoms with E-state index in [-0.39, 0.29) is 5.56 Å². The van der Waals surface area contributed by atoms with Gasteiger partial charge in [0.25, 0.3) is 5.56 Å². The smallest absolute Gasteiger partial charge is 0.255 e. The maximum absolute atomic E-state index is 11.5. The molecule has 2 heteroatoms. The number of pyridine rings is 1. The van der Waals surface area contributed by atoms with E-state index in [0.717, 1.165) is 5.69 Å². The summed E-state index contributed by atoms with van der Waals surface area (Å²) in [5, 5.41) is 0. The highest BCUT2D eigenvalue weighted by Gasteiger charge is 1.96. The summed E-state index contributed by atoms with van der Waals surface area (Å²) in [6.45, 7) is 2.03. The van der Waals surface area contributed by atoms with Crippen LogP contribution in [0, 0.1) is 6.92 Å². The molecule has 2 nitrogen and oxygen atoms in total. The normalized spacial score (nSPS) is 10.1. The van der Waals surface area contributed by atoms with Gasteiger partial charge in [-0.3, -0.25) is 9.36 Å². The standard InChI is InChI=1S/C12H11NO/c1-10-5-7-11(8-6-10)13-9-3-2-4-12(13)14/h2-9H,1H3. The van der Waals surface area contributed by atoms with E-state index in [4.69, 9.17) is 0 Å². The van der Waals surface area contributed by atoms with Crippen molar-refractivity contribution in [3.8, 4) is 5.69 Å². The van der Waals surface area contributed by atoms with Crippen LogP contribution in [-0.4, -0.2) is 4.57 Å². The van der Waals surface area contributed by atoms with Gasteiger partial charge in [0.1, 0.15) is 0 Å². The van der Waals surface area contributed by atoms with Gasteiger partial charge in [-0.15, -0.1) is 0 Å². The van der Waals surface area contributed by atoms with Crippen LogP contribution in [0.2, 0.25) is 0 Å². The van der Waals surface area contributed by atoms with Crippen LogP contribution in [0.5, 0.6) is 0 Å². The van der Waals surface area contributed by atoms with Crippen LogP contribution in [0.3, 0.4) is 0 Å². The van der Waals surface area contributed by atoms with Crippen LogP contribution in [0.15, 0.2) is 53.5 Å². The van der Waals surface area contributed by atoms with Gasteiger partial charge in [0, 0.05) is 18.0 Å². The minimum atomic E-state index is -0.00338. The molecule has 0 unspecified atom stereocenters. The second-order valence-electron chi connectivity index (χ2n) is 3.24. The second-order valence-corrected chi connectivity index (χ2v) is 3.24. The van der Waals surface area contributed by atoms with E-state index in [9.17, 15) is 4.79 Å². The first-order valence-corrected chi connectivity index (χ1v) is 4.52. The van der Waals surface area contributed by atoms with Crippen LogP contribution in [0.1, 0.15) is 5.56 Å². The SMILES string of the molecule is Cc1ccc(-n2ccccc2=O)cc1. The maximum atomic E-state index is 11.5. The van der Waals surface area contributed by atoms with Gasteiger partial charge in [0.05, 0.1) is 0 Å². The summed E-state index contributed by atoms with van der Waals surface area (Å²) >= 11 is 0. The Morgan fingerprint density at radius 2 is 1.71 bits per heavy atom. The number of benzene rings is 1. The molecule has 0 saturated heterocycles. The molecule has 70 valence electrons. The molecule has 14 heavy (non-hydrogen) atoms. The summed E-state index contributed by atoms with van der Waals surface area (Å²) in [6.07, 6.45) is 1.77. The van der Waals surface area contributed by atoms with Crippen LogP contribution >= 0.6 is 0 Å². The average molecular weight is 185 g/mol. The fraction of sp³-hybridized carbons (Fsp3) is 0.0833. The molecule has 1 aromatic heterocycles. The highest BCUT2D eigenvalue weighted by Crippen LogP contribution is 2.06. The Labute approximate surface area is 82.4 Å². The number of nitrogens with zero attached hydrogens (tertiary/aromatic N) is 1. The Hall–Kier alpha value is -1.83. The lowest BCUT2D eigenvalue weighted by molar-refractivity contribution is 0.989. The molecule has 1 heterocycles. The van der Waals surface area contributed by atoms with Crippen molar-refractivity contribution in [1.82, 2.24) is 4.57 Å². The predicted octanol–water partition coefficient (Wildman–Crippen LogP) is 2.15. The second kappa shape index (κ2) is 3.50. The fourth-order valence-corrected chi connectivity index (χ4v) is 1.35. The Balaban J connectivity index is 2.56. The Morgan fingerprint density at radius 1 is 1.00 bits per heavy atom. The summed E-state index contributed by atoms with van der Waals surface area (Å²) in [7, 11) is 0. The van der Waals surface area contributed by atoms with Crippen LogP contribution in [0.4, 0.5) is 0 Å². The van der Waals surface area contributed by atoms with Gasteiger partial charge in [-0.05, 0) is 25.1 Å². The maximum Gasteiger partial charge on any atom is 0.255 e. The summed E-state index contributed by atoms with van der Waals surface area (Å²) in [4.78, 5) is 11.5. The van der Waals surface area contributed by atoms with Crippen molar-refractivity contribution in [3.05, 3.63) is 64.6 Å². The third kappa shape index (κ3) is 1.59. The molecular formula is C12H11NO. The molecule has 2 rings (SSSR count). The predicted molar refractivity (Wildman–Crippen MR) is 56.8 cm³/mol. The number of aryl methyl sites for hydroxylation is 1. The van der Waals surface area contributed by atoms with E-state index in [1.807, 2.05) is 37.3 Å². The van der Waals surface area contributed by atoms with Crippen molar-refractivity contribution in [2.75, 3.05) is 0 Å². The molecule has 0 aliphatic heterocycles. The van der Waals surface area contributed by atoms with Crippen molar-refractivity contribution in [3.63, 3.8) is 0 Å². The number of hydrogen-bond acceptors (Lipinski definition) is 1. The van der Waals surface area contributed by atoms with Gasteiger partial charge in [0.2, 0.25) is 0 Å². The van der Waals surface area contributed by atoms with Crippen LogP contribution < -0.4 is 5.56 Å². The molecule has 0 fully saturated rings. The Morgan fingerprint density at radius 3 is 2.36 bits per heavy atom. The fourth-order valence-electron chi connectivity index (χ4n) is 1.35. The van der Waals surface area contributed by atoms with Gasteiger partial charge < -0.3 is 0 Å². The molecule has 0 atom stereocenters. The molecule has 0 amide bonds. The molecule has 2 aromatic rings. The largest absolute Gasteiger partial charge is 0.284 e. The molecule has 0 N–H and O–H groups in total. The molecule has 0 aliphatic rings. The third-order valence-electron chi connectivity index (χ3n) is 2.13. The molecule has 1 aromatic carbocycles. The zero-order valence-electron chi connectivity index (χ0n) is 7.97. The van der Waals surface area contributed by atoms with Gasteiger partial charge in [-0.25, -0.2) is 0 Å². The van der Waals surface area contributed by atoms with Crippen LogP contribution in [-0.2, 0) is 0 Å². The summed E-state index contributed by atoms with van der Waals surface area (Å²) < 4.78 is 1.62. The minimum Gasteiger partial charge on any atom is -0.284 e. The quantitative estimate of drug-likeness (QED) is 0.667. The molecule has 0 aliphatic carbocycles. The number of rotatable bonds is 1. The van der Waals surface area contributed by atoms with Crippen molar-refractivity contribution in [2.24, 2.45) is 0 Å². The molecule has 0 bridgehead atoms. The van der Waals surface area contributed by atoms with Gasteiger partial charge in [-0.1, -0.05) is 23.8 Å². The molecular weight excluding hydrogens is 174 g/mol. The lowest BCUT2D eigenvalue weighted by Crippen LogP contribution is -2.15. The number of hydrogen-bond donors (Lipinski definition) is 0. The zero-order valence-corrected chi connectivity index (χ0v) is 7.97. The lowest BCUT2D eigenvalue weighted by Gasteiger charge is -2.04. The summed E-state index contributed by atoms with van der Waals surface area (Å²) in [5.41, 5.74) is 2.09. The monoisotopic (exact) mass is 185 g/mol. The molecule has 0 spiro atoms. The van der Waals surface area contributed by atoms with E-state index in [0.29, 0.717) is 0 Å². The highest BCUT2D eigenvalue weighted by atomic mass is 16.1. The Kier molecular flexibility index (Phi) is 2.19. The summed E-state index contributed by atoms with van der Waals surface area (Å²) in [6, 6.07) is 13.0.